The van der Waals surface area contributed by atoms with Crippen LogP contribution in [0.1, 0.15) is 15.9 Å². The Hall–Kier alpha value is -2.86. The van der Waals surface area contributed by atoms with Crippen molar-refractivity contribution >= 4 is 17.6 Å². The predicted molar refractivity (Wildman–Crippen MR) is 95.5 cm³/mol. The topological polar surface area (TPSA) is 70.7 Å². The summed E-state index contributed by atoms with van der Waals surface area (Å²) in [5.74, 6) is -0.221. The van der Waals surface area contributed by atoms with E-state index in [1.54, 1.807) is 29.2 Å². The molecule has 0 radical (unpaired) electrons. The molecular formula is C19H21N3O3. The summed E-state index contributed by atoms with van der Waals surface area (Å²) in [6.45, 7) is 2.60. The number of hydrogen-bond donors (Lipinski definition) is 2. The number of anilines is 1. The van der Waals surface area contributed by atoms with Crippen LogP contribution in [-0.4, -0.2) is 43.1 Å². The molecule has 1 aliphatic rings. The molecule has 1 heterocycles. The summed E-state index contributed by atoms with van der Waals surface area (Å²) in [5.41, 5.74) is 1.97. The van der Waals surface area contributed by atoms with Gasteiger partial charge >= 0.3 is 6.03 Å². The fourth-order valence-corrected chi connectivity index (χ4v) is 2.62. The molecule has 0 unspecified atom stereocenters. The van der Waals surface area contributed by atoms with Gasteiger partial charge in [0.2, 0.25) is 0 Å². The largest absolute Gasteiger partial charge is 0.378 e. The molecular weight excluding hydrogens is 318 g/mol. The van der Waals surface area contributed by atoms with E-state index >= 15 is 0 Å². The van der Waals surface area contributed by atoms with E-state index in [2.05, 4.69) is 10.6 Å². The predicted octanol–water partition coefficient (Wildman–Crippen LogP) is 2.48. The highest BCUT2D eigenvalue weighted by molar-refractivity contribution is 6.03. The molecule has 0 aliphatic carbocycles. The number of carbonyl (C=O) groups excluding carboxylic acids is 2. The zero-order valence-corrected chi connectivity index (χ0v) is 13.9. The molecule has 0 spiro atoms. The van der Waals surface area contributed by atoms with Gasteiger partial charge in [-0.15, -0.1) is 0 Å². The van der Waals surface area contributed by atoms with Crippen LogP contribution >= 0.6 is 0 Å². The van der Waals surface area contributed by atoms with Crippen LogP contribution in [0, 0.1) is 0 Å². The summed E-state index contributed by atoms with van der Waals surface area (Å²) in [5, 5.41) is 5.71. The van der Waals surface area contributed by atoms with Crippen LogP contribution in [0.3, 0.4) is 0 Å². The van der Waals surface area contributed by atoms with Gasteiger partial charge in [0.25, 0.3) is 5.91 Å². The summed E-state index contributed by atoms with van der Waals surface area (Å²) in [6, 6.07) is 16.5. The molecule has 1 aliphatic heterocycles. The first-order valence-corrected chi connectivity index (χ1v) is 8.29. The maximum atomic E-state index is 12.5. The van der Waals surface area contributed by atoms with Crippen LogP contribution in [0.15, 0.2) is 54.6 Å². The highest BCUT2D eigenvalue weighted by Gasteiger charge is 2.19. The third-order valence-corrected chi connectivity index (χ3v) is 4.01. The molecule has 0 bridgehead atoms. The third kappa shape index (κ3) is 4.58. The first kappa shape index (κ1) is 17.0. The minimum Gasteiger partial charge on any atom is -0.378 e. The Morgan fingerprint density at radius 2 is 1.64 bits per heavy atom. The summed E-state index contributed by atoms with van der Waals surface area (Å²) < 4.78 is 5.25. The minimum atomic E-state index is -0.221. The van der Waals surface area contributed by atoms with Crippen LogP contribution in [0.4, 0.5) is 10.5 Å². The van der Waals surface area contributed by atoms with Crippen molar-refractivity contribution in [3.05, 3.63) is 65.7 Å². The van der Waals surface area contributed by atoms with Gasteiger partial charge in [0.05, 0.1) is 24.5 Å². The molecule has 6 nitrogen and oxygen atoms in total. The number of benzene rings is 2. The number of rotatable bonds is 4. The van der Waals surface area contributed by atoms with E-state index < -0.39 is 0 Å². The molecule has 2 aromatic rings. The Morgan fingerprint density at radius 3 is 2.40 bits per heavy atom. The molecule has 1 fully saturated rings. The first-order chi connectivity index (χ1) is 12.2. The Morgan fingerprint density at radius 1 is 0.960 bits per heavy atom. The zero-order chi connectivity index (χ0) is 17.5. The molecule has 130 valence electrons. The summed E-state index contributed by atoms with van der Waals surface area (Å²) in [6.07, 6.45) is 0. The van der Waals surface area contributed by atoms with Crippen LogP contribution in [0.2, 0.25) is 0 Å². The van der Waals surface area contributed by atoms with Crippen LogP contribution in [-0.2, 0) is 11.3 Å². The number of carbonyl (C=O) groups is 2. The molecule has 1 saturated heterocycles. The maximum Gasteiger partial charge on any atom is 0.322 e. The van der Waals surface area contributed by atoms with Crippen molar-refractivity contribution in [1.82, 2.24) is 10.2 Å². The van der Waals surface area contributed by atoms with Crippen LogP contribution in [0.5, 0.6) is 0 Å². The van der Waals surface area contributed by atoms with Gasteiger partial charge in [0, 0.05) is 19.6 Å². The summed E-state index contributed by atoms with van der Waals surface area (Å²) in [4.78, 5) is 26.5. The number of urea groups is 1. The number of hydrogen-bond acceptors (Lipinski definition) is 3. The van der Waals surface area contributed by atoms with E-state index in [9.17, 15) is 9.59 Å². The molecule has 0 saturated carbocycles. The van der Waals surface area contributed by atoms with Gasteiger partial charge in [0.1, 0.15) is 0 Å². The van der Waals surface area contributed by atoms with Crippen molar-refractivity contribution < 1.29 is 14.3 Å². The SMILES string of the molecule is O=C(NCc1ccccc1)c1ccccc1NC(=O)N1CCOCC1. The van der Waals surface area contributed by atoms with E-state index in [1.165, 1.54) is 0 Å². The van der Waals surface area contributed by atoms with Gasteiger partial charge in [-0.25, -0.2) is 4.79 Å². The number of ether oxygens (including phenoxy) is 1. The Kier molecular flexibility index (Phi) is 5.64. The lowest BCUT2D eigenvalue weighted by atomic mass is 10.1. The second-order valence-corrected chi connectivity index (χ2v) is 5.74. The lowest BCUT2D eigenvalue weighted by Gasteiger charge is -2.27. The molecule has 2 N–H and O–H groups in total. The lowest BCUT2D eigenvalue weighted by molar-refractivity contribution is 0.0564. The smallest absolute Gasteiger partial charge is 0.322 e. The van der Waals surface area contributed by atoms with Crippen molar-refractivity contribution in [2.45, 2.75) is 6.54 Å². The number of morpholine rings is 1. The molecule has 0 aromatic heterocycles. The van der Waals surface area contributed by atoms with Crippen molar-refractivity contribution in [1.29, 1.82) is 0 Å². The number of nitrogens with one attached hydrogen (secondary N) is 2. The highest BCUT2D eigenvalue weighted by Crippen LogP contribution is 2.16. The van der Waals surface area contributed by atoms with Crippen molar-refractivity contribution in [3.8, 4) is 0 Å². The van der Waals surface area contributed by atoms with E-state index in [-0.39, 0.29) is 11.9 Å². The maximum absolute atomic E-state index is 12.5. The third-order valence-electron chi connectivity index (χ3n) is 4.01. The van der Waals surface area contributed by atoms with Crippen LogP contribution in [0.25, 0.3) is 0 Å². The van der Waals surface area contributed by atoms with Gasteiger partial charge in [-0.05, 0) is 17.7 Å². The van der Waals surface area contributed by atoms with Crippen molar-refractivity contribution in [2.75, 3.05) is 31.6 Å². The van der Waals surface area contributed by atoms with Gasteiger partial charge in [0.15, 0.2) is 0 Å². The number of para-hydroxylation sites is 1. The highest BCUT2D eigenvalue weighted by atomic mass is 16.5. The molecule has 3 amide bonds. The molecule has 3 rings (SSSR count). The Balaban J connectivity index is 1.65. The summed E-state index contributed by atoms with van der Waals surface area (Å²) in [7, 11) is 0. The summed E-state index contributed by atoms with van der Waals surface area (Å²) >= 11 is 0. The second kappa shape index (κ2) is 8.30. The molecule has 2 aromatic carbocycles. The Labute approximate surface area is 146 Å². The van der Waals surface area contributed by atoms with Crippen molar-refractivity contribution in [3.63, 3.8) is 0 Å². The standard InChI is InChI=1S/C19H21N3O3/c23-18(20-14-15-6-2-1-3-7-15)16-8-4-5-9-17(16)21-19(24)22-10-12-25-13-11-22/h1-9H,10-14H2,(H,20,23)(H,21,24). The quantitative estimate of drug-likeness (QED) is 0.899. The number of amides is 3. The van der Waals surface area contributed by atoms with Crippen LogP contribution < -0.4 is 10.6 Å². The minimum absolute atomic E-state index is 0.216. The molecule has 6 heteroatoms. The van der Waals surface area contributed by atoms with Gasteiger partial charge in [-0.1, -0.05) is 42.5 Å². The van der Waals surface area contributed by atoms with Gasteiger partial charge in [-0.2, -0.15) is 0 Å². The number of nitrogens with zero attached hydrogens (tertiary/aromatic N) is 1. The first-order valence-electron chi connectivity index (χ1n) is 8.29. The second-order valence-electron chi connectivity index (χ2n) is 5.74. The Bertz CT molecular complexity index is 728. The van der Waals surface area contributed by atoms with E-state index in [1.807, 2.05) is 30.3 Å². The fraction of sp³-hybridized carbons (Fsp3) is 0.263. The molecule has 25 heavy (non-hydrogen) atoms. The van der Waals surface area contributed by atoms with Gasteiger partial charge < -0.3 is 20.3 Å². The average molecular weight is 339 g/mol. The molecule has 0 atom stereocenters. The lowest BCUT2D eigenvalue weighted by Crippen LogP contribution is -2.43. The van der Waals surface area contributed by atoms with E-state index in [0.29, 0.717) is 44.1 Å². The normalized spacial score (nSPS) is 14.0. The van der Waals surface area contributed by atoms with Gasteiger partial charge in [-0.3, -0.25) is 4.79 Å². The zero-order valence-electron chi connectivity index (χ0n) is 13.9. The fourth-order valence-electron chi connectivity index (χ4n) is 2.62. The van der Waals surface area contributed by atoms with E-state index in [4.69, 9.17) is 4.74 Å². The van der Waals surface area contributed by atoms with E-state index in [0.717, 1.165) is 5.56 Å². The monoisotopic (exact) mass is 339 g/mol. The van der Waals surface area contributed by atoms with Crippen molar-refractivity contribution in [2.24, 2.45) is 0 Å². The average Bonchev–Trinajstić information content (AvgIpc) is 2.68.